The van der Waals surface area contributed by atoms with Crippen molar-refractivity contribution >= 4 is 39.0 Å². The van der Waals surface area contributed by atoms with Gasteiger partial charge in [0.1, 0.15) is 0 Å². The smallest absolute Gasteiger partial charge is 0.296 e. The molecular weight excluding hydrogens is 336 g/mol. The third-order valence-electron chi connectivity index (χ3n) is 4.05. The number of ketones is 1. The summed E-state index contributed by atoms with van der Waals surface area (Å²) < 4.78 is 6.11. The van der Waals surface area contributed by atoms with Gasteiger partial charge in [0, 0.05) is 24.7 Å². The Bertz CT molecular complexity index is 601. The fourth-order valence-corrected chi connectivity index (χ4v) is 3.65. The van der Waals surface area contributed by atoms with Gasteiger partial charge >= 0.3 is 0 Å². The minimum Gasteiger partial charge on any atom is -0.384 e. The second kappa shape index (κ2) is 5.77. The molecular formula is C15H17BrN2O3. The molecule has 21 heavy (non-hydrogen) atoms. The van der Waals surface area contributed by atoms with Crippen LogP contribution in [0.3, 0.4) is 0 Å². The first kappa shape index (κ1) is 14.5. The molecule has 2 heterocycles. The zero-order chi connectivity index (χ0) is 15.0. The Balaban J connectivity index is 1.88. The third-order valence-corrected chi connectivity index (χ3v) is 4.68. The minimum atomic E-state index is -0.551. The summed E-state index contributed by atoms with van der Waals surface area (Å²) in [6.07, 6.45) is 2.28. The number of hydrogen-bond acceptors (Lipinski definition) is 4. The van der Waals surface area contributed by atoms with E-state index in [1.807, 2.05) is 6.07 Å². The largest absolute Gasteiger partial charge is 0.384 e. The summed E-state index contributed by atoms with van der Waals surface area (Å²) in [5, 5.41) is 2.63. The van der Waals surface area contributed by atoms with E-state index >= 15 is 0 Å². The van der Waals surface area contributed by atoms with E-state index in [2.05, 4.69) is 26.1 Å². The Hall–Kier alpha value is -1.40. The van der Waals surface area contributed by atoms with Crippen LogP contribution in [0.2, 0.25) is 0 Å². The van der Waals surface area contributed by atoms with E-state index in [1.165, 1.54) is 6.42 Å². The first-order valence-corrected chi connectivity index (χ1v) is 7.82. The predicted octanol–water partition coefficient (Wildman–Crippen LogP) is 2.45. The maximum Gasteiger partial charge on any atom is 0.296 e. The number of fused-ring (bicyclic) bond motifs is 1. The molecule has 1 aromatic rings. The van der Waals surface area contributed by atoms with Gasteiger partial charge in [-0.05, 0) is 46.8 Å². The molecule has 1 atom stereocenters. The molecule has 1 aromatic carbocycles. The topological polar surface area (TPSA) is 58.6 Å². The van der Waals surface area contributed by atoms with E-state index in [-0.39, 0.29) is 0 Å². The summed E-state index contributed by atoms with van der Waals surface area (Å²) in [4.78, 5) is 25.5. The lowest BCUT2D eigenvalue weighted by Crippen LogP contribution is -2.37. The number of Topliss-reactive ketones (excluding diaryl/α,β-unsaturated/α-hetero) is 1. The number of ether oxygens (including phenoxy) is 1. The average molecular weight is 353 g/mol. The van der Waals surface area contributed by atoms with Crippen LogP contribution >= 0.6 is 15.9 Å². The van der Waals surface area contributed by atoms with Crippen molar-refractivity contribution in [2.24, 2.45) is 5.92 Å². The highest BCUT2D eigenvalue weighted by molar-refractivity contribution is 9.10. The van der Waals surface area contributed by atoms with Crippen molar-refractivity contribution in [3.05, 3.63) is 22.2 Å². The van der Waals surface area contributed by atoms with Crippen molar-refractivity contribution < 1.29 is 14.3 Å². The Morgan fingerprint density at radius 3 is 3.00 bits per heavy atom. The highest BCUT2D eigenvalue weighted by Gasteiger charge is 2.30. The quantitative estimate of drug-likeness (QED) is 0.848. The van der Waals surface area contributed by atoms with Crippen LogP contribution in [0.15, 0.2) is 16.6 Å². The Morgan fingerprint density at radius 2 is 2.24 bits per heavy atom. The number of carbonyl (C=O) groups excluding carboxylic acids is 2. The van der Waals surface area contributed by atoms with Crippen LogP contribution in [-0.4, -0.2) is 38.5 Å². The molecule has 2 aliphatic rings. The van der Waals surface area contributed by atoms with Gasteiger partial charge in [0.05, 0.1) is 23.5 Å². The lowest BCUT2D eigenvalue weighted by atomic mass is 9.98. The molecule has 5 nitrogen and oxygen atoms in total. The number of carbonyl (C=O) groups is 2. The molecule has 6 heteroatoms. The Morgan fingerprint density at radius 1 is 1.43 bits per heavy atom. The summed E-state index contributed by atoms with van der Waals surface area (Å²) in [7, 11) is 1.73. The number of methoxy groups -OCH3 is 1. The number of anilines is 2. The molecule has 0 saturated carbocycles. The number of rotatable bonds is 3. The van der Waals surface area contributed by atoms with Gasteiger partial charge in [-0.1, -0.05) is 0 Å². The Labute approximate surface area is 131 Å². The van der Waals surface area contributed by atoms with Gasteiger partial charge in [0.2, 0.25) is 0 Å². The van der Waals surface area contributed by atoms with E-state index < -0.39 is 11.7 Å². The molecule has 0 spiro atoms. The number of benzene rings is 1. The van der Waals surface area contributed by atoms with Gasteiger partial charge in [-0.2, -0.15) is 0 Å². The number of piperidine rings is 1. The highest BCUT2D eigenvalue weighted by atomic mass is 79.9. The van der Waals surface area contributed by atoms with Crippen LogP contribution in [0.4, 0.5) is 11.4 Å². The van der Waals surface area contributed by atoms with E-state index in [4.69, 9.17) is 4.74 Å². The third kappa shape index (κ3) is 2.70. The number of amides is 1. The molecule has 0 bridgehead atoms. The fraction of sp³-hybridized carbons (Fsp3) is 0.467. The summed E-state index contributed by atoms with van der Waals surface area (Å²) in [5.41, 5.74) is 2.07. The van der Waals surface area contributed by atoms with Crippen LogP contribution < -0.4 is 10.2 Å². The maximum atomic E-state index is 11.7. The van der Waals surface area contributed by atoms with Gasteiger partial charge in [-0.15, -0.1) is 0 Å². The zero-order valence-corrected chi connectivity index (χ0v) is 13.4. The summed E-state index contributed by atoms with van der Waals surface area (Å²) in [6, 6.07) is 3.63. The van der Waals surface area contributed by atoms with Gasteiger partial charge in [-0.3, -0.25) is 9.59 Å². The van der Waals surface area contributed by atoms with E-state index in [9.17, 15) is 9.59 Å². The van der Waals surface area contributed by atoms with Crippen molar-refractivity contribution in [3.63, 3.8) is 0 Å². The predicted molar refractivity (Wildman–Crippen MR) is 83.9 cm³/mol. The molecule has 1 fully saturated rings. The average Bonchev–Trinajstić information content (AvgIpc) is 2.74. The van der Waals surface area contributed by atoms with Gasteiger partial charge in [-0.25, -0.2) is 0 Å². The lowest BCUT2D eigenvalue weighted by Gasteiger charge is -2.35. The summed E-state index contributed by atoms with van der Waals surface area (Å²) in [6.45, 7) is 2.65. The zero-order valence-electron chi connectivity index (χ0n) is 11.8. The fourth-order valence-electron chi connectivity index (χ4n) is 3.05. The normalized spacial score (nSPS) is 21.4. The van der Waals surface area contributed by atoms with Crippen LogP contribution in [0.5, 0.6) is 0 Å². The first-order chi connectivity index (χ1) is 10.1. The number of nitrogens with zero attached hydrogens (tertiary/aromatic N) is 1. The molecule has 1 N–H and O–H groups in total. The number of halogens is 1. The molecule has 112 valence electrons. The Kier molecular flexibility index (Phi) is 3.99. The summed E-state index contributed by atoms with van der Waals surface area (Å²) in [5.74, 6) is -0.502. The first-order valence-electron chi connectivity index (χ1n) is 7.03. The van der Waals surface area contributed by atoms with Crippen LogP contribution in [0.25, 0.3) is 0 Å². The molecule has 1 unspecified atom stereocenters. The molecule has 1 saturated heterocycles. The monoisotopic (exact) mass is 352 g/mol. The van der Waals surface area contributed by atoms with Crippen molar-refractivity contribution in [1.29, 1.82) is 0 Å². The van der Waals surface area contributed by atoms with Crippen molar-refractivity contribution in [2.45, 2.75) is 12.8 Å². The van der Waals surface area contributed by atoms with Crippen LogP contribution in [-0.2, 0) is 9.53 Å². The molecule has 2 aliphatic heterocycles. The van der Waals surface area contributed by atoms with E-state index in [0.717, 1.165) is 36.3 Å². The van der Waals surface area contributed by atoms with Crippen molar-refractivity contribution in [3.8, 4) is 0 Å². The van der Waals surface area contributed by atoms with Crippen LogP contribution in [0.1, 0.15) is 23.2 Å². The van der Waals surface area contributed by atoms with E-state index in [0.29, 0.717) is 17.2 Å². The van der Waals surface area contributed by atoms with Crippen molar-refractivity contribution in [2.75, 3.05) is 37.0 Å². The second-order valence-electron chi connectivity index (χ2n) is 5.54. The maximum absolute atomic E-state index is 11.7. The SMILES string of the molecule is COCC1CCCN(c2cc3c(cc2Br)C(=O)C(=O)N3)C1. The standard InChI is InChI=1S/C15H17BrN2O3/c1-21-8-9-3-2-4-18(7-9)13-6-12-10(5-11(13)16)14(19)15(20)17-12/h5-6,9H,2-4,7-8H2,1H3,(H,17,19,20). The second-order valence-corrected chi connectivity index (χ2v) is 6.40. The molecule has 0 radical (unpaired) electrons. The minimum absolute atomic E-state index is 0.445. The number of hydrogen-bond donors (Lipinski definition) is 1. The lowest BCUT2D eigenvalue weighted by molar-refractivity contribution is -0.112. The van der Waals surface area contributed by atoms with Gasteiger partial charge < -0.3 is 15.0 Å². The van der Waals surface area contributed by atoms with Gasteiger partial charge in [0.15, 0.2) is 0 Å². The highest BCUT2D eigenvalue weighted by Crippen LogP contribution is 2.37. The summed E-state index contributed by atoms with van der Waals surface area (Å²) >= 11 is 3.53. The number of nitrogens with one attached hydrogen (secondary N) is 1. The van der Waals surface area contributed by atoms with Crippen molar-refractivity contribution in [1.82, 2.24) is 0 Å². The molecule has 0 aromatic heterocycles. The van der Waals surface area contributed by atoms with Gasteiger partial charge in [0.25, 0.3) is 11.7 Å². The molecule has 1 amide bonds. The van der Waals surface area contributed by atoms with Crippen LogP contribution in [0, 0.1) is 5.92 Å². The van der Waals surface area contributed by atoms with E-state index in [1.54, 1.807) is 13.2 Å². The molecule has 3 rings (SSSR count). The molecule has 0 aliphatic carbocycles.